The van der Waals surface area contributed by atoms with Gasteiger partial charge >= 0.3 is 5.97 Å². The largest absolute Gasteiger partial charge is 0.481 e. The van der Waals surface area contributed by atoms with Crippen LogP contribution in [0, 0.1) is 0 Å². The van der Waals surface area contributed by atoms with Crippen molar-refractivity contribution in [3.63, 3.8) is 0 Å². The van der Waals surface area contributed by atoms with Gasteiger partial charge in [-0.05, 0) is 12.8 Å². The van der Waals surface area contributed by atoms with Gasteiger partial charge in [-0.15, -0.1) is 0 Å². The highest BCUT2D eigenvalue weighted by molar-refractivity contribution is 5.67. The number of hydrogen-bond acceptors (Lipinski definition) is 2. The fourth-order valence-corrected chi connectivity index (χ4v) is 0.938. The summed E-state index contributed by atoms with van der Waals surface area (Å²) in [5, 5.41) is 17.5. The Kier molecular flexibility index (Phi) is 8.39. The van der Waals surface area contributed by atoms with Crippen molar-refractivity contribution in [3.8, 4) is 0 Å². The third-order valence-corrected chi connectivity index (χ3v) is 1.64. The highest BCUT2D eigenvalue weighted by atomic mass is 16.4. The van der Waals surface area contributed by atoms with Gasteiger partial charge in [-0.25, -0.2) is 0 Å². The number of rotatable bonds is 7. The first kappa shape index (κ1) is 13.7. The Morgan fingerprint density at radius 3 is 2.60 bits per heavy atom. The molecule has 0 saturated carbocycles. The number of aliphatic carboxylic acids is 1. The maximum Gasteiger partial charge on any atom is 0.306 e. The van der Waals surface area contributed by atoms with Gasteiger partial charge in [0.15, 0.2) is 0 Å². The molecule has 0 heterocycles. The maximum absolute atomic E-state index is 10.2. The van der Waals surface area contributed by atoms with Crippen LogP contribution < -0.4 is 0 Å². The van der Waals surface area contributed by atoms with Crippen molar-refractivity contribution < 1.29 is 15.0 Å². The van der Waals surface area contributed by atoms with E-state index in [0.29, 0.717) is 0 Å². The first-order valence-corrected chi connectivity index (χ1v) is 5.05. The zero-order chi connectivity index (χ0) is 11.5. The van der Waals surface area contributed by atoms with Gasteiger partial charge in [0.1, 0.15) is 0 Å². The van der Waals surface area contributed by atoms with Crippen LogP contribution in [0.4, 0.5) is 0 Å². The minimum Gasteiger partial charge on any atom is -0.481 e. The lowest BCUT2D eigenvalue weighted by Crippen LogP contribution is -2.09. The maximum atomic E-state index is 10.2. The molecular formula is C12H18O3. The second-order valence-corrected chi connectivity index (χ2v) is 3.09. The Bertz CT molecular complexity index is 252. The fourth-order valence-electron chi connectivity index (χ4n) is 0.938. The van der Waals surface area contributed by atoms with Crippen LogP contribution in [0.1, 0.15) is 26.2 Å². The second kappa shape index (κ2) is 9.21. The van der Waals surface area contributed by atoms with Gasteiger partial charge in [0.2, 0.25) is 0 Å². The SMILES string of the molecule is CCC=CCC=CC=CC(O)CC(=O)O. The molecule has 0 aliphatic heterocycles. The zero-order valence-corrected chi connectivity index (χ0v) is 8.97. The summed E-state index contributed by atoms with van der Waals surface area (Å²) in [6, 6.07) is 0. The molecule has 0 fully saturated rings. The monoisotopic (exact) mass is 210 g/mol. The predicted molar refractivity (Wildman–Crippen MR) is 60.6 cm³/mol. The number of aliphatic hydroxyl groups excluding tert-OH is 1. The highest BCUT2D eigenvalue weighted by Crippen LogP contribution is 1.95. The minimum atomic E-state index is -0.998. The van der Waals surface area contributed by atoms with E-state index in [2.05, 4.69) is 19.1 Å². The number of hydrogen-bond donors (Lipinski definition) is 2. The molecule has 0 rings (SSSR count). The van der Waals surface area contributed by atoms with Gasteiger partial charge < -0.3 is 10.2 Å². The van der Waals surface area contributed by atoms with Gasteiger partial charge in [-0.2, -0.15) is 0 Å². The molecule has 2 N–H and O–H groups in total. The summed E-state index contributed by atoms with van der Waals surface area (Å²) in [4.78, 5) is 10.2. The van der Waals surface area contributed by atoms with Crippen molar-refractivity contribution in [1.29, 1.82) is 0 Å². The van der Waals surface area contributed by atoms with Crippen molar-refractivity contribution in [2.24, 2.45) is 0 Å². The van der Waals surface area contributed by atoms with Crippen LogP contribution in [0.25, 0.3) is 0 Å². The minimum absolute atomic E-state index is 0.250. The predicted octanol–water partition coefficient (Wildman–Crippen LogP) is 2.29. The second-order valence-electron chi connectivity index (χ2n) is 3.09. The molecule has 0 saturated heterocycles. The number of aliphatic hydroxyl groups is 1. The molecule has 0 bridgehead atoms. The van der Waals surface area contributed by atoms with Crippen LogP contribution in [0.5, 0.6) is 0 Å². The van der Waals surface area contributed by atoms with Crippen LogP contribution in [0.3, 0.4) is 0 Å². The summed E-state index contributed by atoms with van der Waals surface area (Å²) in [5.74, 6) is -0.998. The van der Waals surface area contributed by atoms with E-state index in [-0.39, 0.29) is 6.42 Å². The molecule has 84 valence electrons. The summed E-state index contributed by atoms with van der Waals surface area (Å²) in [7, 11) is 0. The summed E-state index contributed by atoms with van der Waals surface area (Å²) < 4.78 is 0. The molecule has 0 radical (unpaired) electrons. The van der Waals surface area contributed by atoms with E-state index in [1.807, 2.05) is 6.08 Å². The van der Waals surface area contributed by atoms with Crippen LogP contribution in [-0.2, 0) is 4.79 Å². The van der Waals surface area contributed by atoms with Crippen LogP contribution in [0.15, 0.2) is 36.5 Å². The van der Waals surface area contributed by atoms with Crippen LogP contribution >= 0.6 is 0 Å². The van der Waals surface area contributed by atoms with Crippen LogP contribution in [0.2, 0.25) is 0 Å². The lowest BCUT2D eigenvalue weighted by atomic mass is 10.2. The van der Waals surface area contributed by atoms with E-state index < -0.39 is 12.1 Å². The molecule has 0 aliphatic carbocycles. The summed E-state index contributed by atoms with van der Waals surface area (Å²) >= 11 is 0. The van der Waals surface area contributed by atoms with Gasteiger partial charge in [0.25, 0.3) is 0 Å². The number of allylic oxidation sites excluding steroid dienone is 5. The van der Waals surface area contributed by atoms with Crippen molar-refractivity contribution in [2.45, 2.75) is 32.3 Å². The number of carbonyl (C=O) groups is 1. The lowest BCUT2D eigenvalue weighted by Gasteiger charge is -1.98. The van der Waals surface area contributed by atoms with E-state index in [4.69, 9.17) is 10.2 Å². The molecule has 0 aromatic carbocycles. The fraction of sp³-hybridized carbons (Fsp3) is 0.417. The Morgan fingerprint density at radius 1 is 1.27 bits per heavy atom. The van der Waals surface area contributed by atoms with Gasteiger partial charge in [-0.3, -0.25) is 4.79 Å². The van der Waals surface area contributed by atoms with Crippen molar-refractivity contribution in [2.75, 3.05) is 0 Å². The number of carboxylic acid groups (broad SMARTS) is 1. The van der Waals surface area contributed by atoms with E-state index in [1.165, 1.54) is 6.08 Å². The third kappa shape index (κ3) is 10.6. The molecule has 0 aromatic heterocycles. The smallest absolute Gasteiger partial charge is 0.306 e. The summed E-state index contributed by atoms with van der Waals surface area (Å²) in [6.45, 7) is 2.07. The molecule has 1 unspecified atom stereocenters. The van der Waals surface area contributed by atoms with Crippen molar-refractivity contribution in [3.05, 3.63) is 36.5 Å². The zero-order valence-electron chi connectivity index (χ0n) is 8.97. The Balaban J connectivity index is 3.68. The molecule has 0 aromatic rings. The Labute approximate surface area is 90.4 Å². The van der Waals surface area contributed by atoms with E-state index >= 15 is 0 Å². The quantitative estimate of drug-likeness (QED) is 0.500. The first-order chi connectivity index (χ1) is 7.16. The first-order valence-electron chi connectivity index (χ1n) is 5.05. The molecule has 0 aliphatic rings. The summed E-state index contributed by atoms with van der Waals surface area (Å²) in [6.07, 6.45) is 11.7. The van der Waals surface area contributed by atoms with Crippen LogP contribution in [-0.4, -0.2) is 22.3 Å². The molecule has 15 heavy (non-hydrogen) atoms. The molecule has 0 spiro atoms. The molecule has 3 heteroatoms. The van der Waals surface area contributed by atoms with Gasteiger partial charge in [0, 0.05) is 0 Å². The average molecular weight is 210 g/mol. The molecule has 0 amide bonds. The molecule has 3 nitrogen and oxygen atoms in total. The van der Waals surface area contributed by atoms with Crippen molar-refractivity contribution >= 4 is 5.97 Å². The Morgan fingerprint density at radius 2 is 2.00 bits per heavy atom. The summed E-state index contributed by atoms with van der Waals surface area (Å²) in [5.41, 5.74) is 0. The topological polar surface area (TPSA) is 57.5 Å². The lowest BCUT2D eigenvalue weighted by molar-refractivity contribution is -0.138. The van der Waals surface area contributed by atoms with Gasteiger partial charge in [0.05, 0.1) is 12.5 Å². The van der Waals surface area contributed by atoms with E-state index in [9.17, 15) is 4.79 Å². The van der Waals surface area contributed by atoms with Gasteiger partial charge in [-0.1, -0.05) is 43.4 Å². The van der Waals surface area contributed by atoms with Crippen molar-refractivity contribution in [1.82, 2.24) is 0 Å². The highest BCUT2D eigenvalue weighted by Gasteiger charge is 2.03. The molecule has 1 atom stereocenters. The average Bonchev–Trinajstić information content (AvgIpc) is 2.15. The third-order valence-electron chi connectivity index (χ3n) is 1.64. The normalized spacial score (nSPS) is 14.3. The number of carboxylic acids is 1. The van der Waals surface area contributed by atoms with E-state index in [1.54, 1.807) is 12.2 Å². The van der Waals surface area contributed by atoms with E-state index in [0.717, 1.165) is 12.8 Å². The molecular weight excluding hydrogens is 192 g/mol. The standard InChI is InChI=1S/C12H18O3/c1-2-3-4-5-6-7-8-9-11(13)10-12(14)15/h3-4,6-9,11,13H,2,5,10H2,1H3,(H,14,15). The Hall–Kier alpha value is -1.35.